The summed E-state index contributed by atoms with van der Waals surface area (Å²) in [6, 6.07) is 13.8. The van der Waals surface area contributed by atoms with Gasteiger partial charge in [0.15, 0.2) is 24.4 Å². The molecule has 2 aromatic carbocycles. The summed E-state index contributed by atoms with van der Waals surface area (Å²) >= 11 is 0. The largest absolute Gasteiger partial charge is 0.495 e. The lowest BCUT2D eigenvalue weighted by Gasteiger charge is -2.15. The number of carbonyl (C=O) groups is 6. The van der Waals surface area contributed by atoms with Gasteiger partial charge < -0.3 is 48.2 Å². The molecule has 0 spiro atoms. The predicted octanol–water partition coefficient (Wildman–Crippen LogP) is 4.16. The number of anilines is 2. The summed E-state index contributed by atoms with van der Waals surface area (Å²) in [5.41, 5.74) is 2.17. The normalized spacial score (nSPS) is 18.5. The van der Waals surface area contributed by atoms with Crippen molar-refractivity contribution in [3.05, 3.63) is 48.5 Å². The van der Waals surface area contributed by atoms with E-state index in [0.717, 1.165) is 64.2 Å². The van der Waals surface area contributed by atoms with Crippen molar-refractivity contribution in [2.45, 2.75) is 129 Å². The van der Waals surface area contributed by atoms with Gasteiger partial charge in [-0.2, -0.15) is 0 Å². The second kappa shape index (κ2) is 25.8. The summed E-state index contributed by atoms with van der Waals surface area (Å²) in [4.78, 5) is 75.0. The van der Waals surface area contributed by atoms with Gasteiger partial charge in [0.1, 0.15) is 0 Å². The molecule has 0 aliphatic carbocycles. The molecular formula is C42H58B2N2O14. The van der Waals surface area contributed by atoms with E-state index in [0.29, 0.717) is 35.1 Å². The maximum atomic E-state index is 12.7. The van der Waals surface area contributed by atoms with Crippen molar-refractivity contribution in [2.75, 3.05) is 37.1 Å². The van der Waals surface area contributed by atoms with E-state index in [1.807, 2.05) is 0 Å². The van der Waals surface area contributed by atoms with Crippen molar-refractivity contribution < 1.29 is 66.3 Å². The Hall–Kier alpha value is -4.77. The summed E-state index contributed by atoms with van der Waals surface area (Å²) in [6.45, 7) is 7.11. The highest BCUT2D eigenvalue weighted by molar-refractivity contribution is 6.63. The summed E-state index contributed by atoms with van der Waals surface area (Å²) < 4.78 is 43.2. The highest BCUT2D eigenvalue weighted by Crippen LogP contribution is 2.23. The van der Waals surface area contributed by atoms with Crippen molar-refractivity contribution in [1.82, 2.24) is 0 Å². The van der Waals surface area contributed by atoms with Gasteiger partial charge in [0.05, 0.1) is 26.4 Å². The number of unbranched alkanes of at least 4 members (excludes halogenated alkanes) is 9. The van der Waals surface area contributed by atoms with Crippen LogP contribution < -0.4 is 21.6 Å². The number of ether oxygens (including phenoxy) is 4. The lowest BCUT2D eigenvalue weighted by Crippen LogP contribution is -2.39. The van der Waals surface area contributed by atoms with Crippen LogP contribution in [0.15, 0.2) is 48.5 Å². The lowest BCUT2D eigenvalue weighted by atomic mass is 9.79. The van der Waals surface area contributed by atoms with Crippen molar-refractivity contribution in [1.29, 1.82) is 0 Å². The molecule has 4 atom stereocenters. The molecule has 2 N–H and O–H groups in total. The topological polar surface area (TPSA) is 200 Å². The first-order valence-electron chi connectivity index (χ1n) is 21.2. The number of hydrogen-bond donors (Lipinski definition) is 2. The quantitative estimate of drug-likeness (QED) is 0.0625. The van der Waals surface area contributed by atoms with E-state index in [-0.39, 0.29) is 38.2 Å². The molecule has 18 heteroatoms. The van der Waals surface area contributed by atoms with Gasteiger partial charge in [-0.15, -0.1) is 0 Å². The van der Waals surface area contributed by atoms with Gasteiger partial charge >= 0.3 is 38.1 Å². The Morgan fingerprint density at radius 1 is 0.467 bits per heavy atom. The van der Waals surface area contributed by atoms with Crippen molar-refractivity contribution in [2.24, 2.45) is 0 Å². The van der Waals surface area contributed by atoms with E-state index in [9.17, 15) is 28.8 Å². The molecule has 0 aromatic heterocycles. The molecule has 2 fully saturated rings. The minimum atomic E-state index is -1.26. The number of nitrogens with one attached hydrogen (secondary N) is 2. The monoisotopic (exact) mass is 836 g/mol. The van der Waals surface area contributed by atoms with E-state index in [2.05, 4.69) is 10.6 Å². The zero-order valence-corrected chi connectivity index (χ0v) is 35.1. The molecule has 0 radical (unpaired) electrons. The lowest BCUT2D eigenvalue weighted by molar-refractivity contribution is -0.163. The van der Waals surface area contributed by atoms with E-state index in [1.54, 1.807) is 76.2 Å². The standard InChI is InChI=1S/C42H58B2N2O14/c1-5-53-39(49)35-36(40(50)54-6-2)58-43(57-35)29-21-19-23-31(27-29)45-33(47)25-17-15-13-11-9-10-12-14-16-18-26-34(48)46-32-24-20-22-30(28-32)44-59-37(41(51)55-7-3)38(60-44)42(52)56-8-4/h19-24,27-28,35-38H,5-18,25-26H2,1-4H3,(H,45,47)(H,46,48). The van der Waals surface area contributed by atoms with Crippen molar-refractivity contribution >= 4 is 72.2 Å². The minimum Gasteiger partial charge on any atom is -0.464 e. The Bertz CT molecular complexity index is 1560. The Morgan fingerprint density at radius 3 is 1.03 bits per heavy atom. The number of hydrogen-bond acceptors (Lipinski definition) is 14. The molecule has 2 heterocycles. The summed E-state index contributed by atoms with van der Waals surface area (Å²) in [6.07, 6.45) is 5.64. The number of carbonyl (C=O) groups excluding carboxylic acids is 6. The Kier molecular flexibility index (Phi) is 20.6. The number of benzene rings is 2. The molecule has 0 bridgehead atoms. The van der Waals surface area contributed by atoms with Crippen LogP contribution in [-0.4, -0.2) is 101 Å². The molecule has 4 unspecified atom stereocenters. The van der Waals surface area contributed by atoms with Crippen LogP contribution >= 0.6 is 0 Å². The van der Waals surface area contributed by atoms with Gasteiger partial charge in [-0.3, -0.25) is 9.59 Å². The van der Waals surface area contributed by atoms with Crippen molar-refractivity contribution in [3.8, 4) is 0 Å². The molecule has 16 nitrogen and oxygen atoms in total. The van der Waals surface area contributed by atoms with E-state index in [1.165, 1.54) is 0 Å². The van der Waals surface area contributed by atoms with Gasteiger partial charge in [-0.05, 0) is 75.7 Å². The average molecular weight is 837 g/mol. The molecule has 2 aliphatic heterocycles. The molecular weight excluding hydrogens is 778 g/mol. The van der Waals surface area contributed by atoms with E-state index >= 15 is 0 Å². The predicted molar refractivity (Wildman–Crippen MR) is 222 cm³/mol. The second-order valence-corrected chi connectivity index (χ2v) is 14.3. The Labute approximate surface area is 352 Å². The number of esters is 4. The SMILES string of the molecule is CCOC(=O)C1OB(c2cccc(NC(=O)CCCCCCCCCCCCC(=O)Nc3cccc(B4OC(C(=O)OCC)C(C(=O)OCC)O4)c3)c2)OC1C(=O)OCC. The number of amides is 2. The third kappa shape index (κ3) is 15.0. The van der Waals surface area contributed by atoms with Gasteiger partial charge in [-0.1, -0.05) is 75.6 Å². The van der Waals surface area contributed by atoms with Gasteiger partial charge in [0.25, 0.3) is 0 Å². The Balaban J connectivity index is 1.05. The van der Waals surface area contributed by atoms with Crippen LogP contribution in [0.4, 0.5) is 11.4 Å². The third-order valence-corrected chi connectivity index (χ3v) is 9.65. The first-order chi connectivity index (χ1) is 29.1. The molecule has 2 aromatic rings. The minimum absolute atomic E-state index is 0.110. The first-order valence-corrected chi connectivity index (χ1v) is 21.2. The molecule has 2 aliphatic rings. The highest BCUT2D eigenvalue weighted by Gasteiger charge is 2.51. The fourth-order valence-electron chi connectivity index (χ4n) is 6.77. The van der Waals surface area contributed by atoms with Crippen LogP contribution in [-0.2, 0) is 66.3 Å². The molecule has 2 amide bonds. The van der Waals surface area contributed by atoms with Crippen LogP contribution in [0, 0.1) is 0 Å². The molecule has 4 rings (SSSR count). The van der Waals surface area contributed by atoms with Crippen LogP contribution in [0.5, 0.6) is 0 Å². The number of rotatable bonds is 25. The third-order valence-electron chi connectivity index (χ3n) is 9.65. The average Bonchev–Trinajstić information content (AvgIpc) is 3.89. The maximum absolute atomic E-state index is 12.7. The van der Waals surface area contributed by atoms with Crippen LogP contribution in [0.25, 0.3) is 0 Å². The van der Waals surface area contributed by atoms with E-state index in [4.69, 9.17) is 37.6 Å². The van der Waals surface area contributed by atoms with Crippen LogP contribution in [0.3, 0.4) is 0 Å². The maximum Gasteiger partial charge on any atom is 0.495 e. The first kappa shape index (κ1) is 47.9. The second-order valence-electron chi connectivity index (χ2n) is 14.3. The van der Waals surface area contributed by atoms with Gasteiger partial charge in [-0.25, -0.2) is 19.2 Å². The molecule has 60 heavy (non-hydrogen) atoms. The summed E-state index contributed by atoms with van der Waals surface area (Å²) in [5, 5.41) is 5.81. The summed E-state index contributed by atoms with van der Waals surface area (Å²) in [7, 11) is -2.04. The van der Waals surface area contributed by atoms with E-state index < -0.39 is 62.5 Å². The Morgan fingerprint density at radius 2 is 0.750 bits per heavy atom. The molecule has 2 saturated heterocycles. The fourth-order valence-corrected chi connectivity index (χ4v) is 6.77. The van der Waals surface area contributed by atoms with Gasteiger partial charge in [0, 0.05) is 24.2 Å². The zero-order chi connectivity index (χ0) is 43.3. The van der Waals surface area contributed by atoms with Crippen molar-refractivity contribution in [3.63, 3.8) is 0 Å². The fraction of sp³-hybridized carbons (Fsp3) is 0.571. The molecule has 326 valence electrons. The van der Waals surface area contributed by atoms with Gasteiger partial charge in [0.2, 0.25) is 11.8 Å². The zero-order valence-electron chi connectivity index (χ0n) is 35.1. The summed E-state index contributed by atoms with van der Waals surface area (Å²) in [5.74, 6) is -3.07. The molecule has 0 saturated carbocycles. The smallest absolute Gasteiger partial charge is 0.464 e. The highest BCUT2D eigenvalue weighted by atomic mass is 16.7. The van der Waals surface area contributed by atoms with Crippen LogP contribution in [0.2, 0.25) is 0 Å². The van der Waals surface area contributed by atoms with Crippen LogP contribution in [0.1, 0.15) is 105 Å².